The van der Waals surface area contributed by atoms with E-state index in [0.717, 1.165) is 0 Å². The van der Waals surface area contributed by atoms with Gasteiger partial charge in [0.05, 0.1) is 33.9 Å². The average molecular weight is 508 g/mol. The third kappa shape index (κ3) is 6.08. The van der Waals surface area contributed by atoms with Crippen molar-refractivity contribution in [1.29, 1.82) is 0 Å². The molecule has 2 heterocycles. The first-order chi connectivity index (χ1) is 17.3. The van der Waals surface area contributed by atoms with Crippen molar-refractivity contribution in [2.24, 2.45) is 0 Å². The lowest BCUT2D eigenvalue weighted by molar-refractivity contribution is 0.0169. The fourth-order valence-corrected chi connectivity index (χ4v) is 4.12. The van der Waals surface area contributed by atoms with Crippen molar-refractivity contribution in [2.45, 2.75) is 26.4 Å². The van der Waals surface area contributed by atoms with Crippen LogP contribution in [0.15, 0.2) is 21.5 Å². The maximum absolute atomic E-state index is 13.6. The quantitative estimate of drug-likeness (QED) is 0.499. The van der Waals surface area contributed by atoms with Crippen molar-refractivity contribution in [3.05, 3.63) is 34.1 Å². The molecule has 0 bridgehead atoms. The molecule has 1 atom stereocenters. The second-order valence-electron chi connectivity index (χ2n) is 8.09. The van der Waals surface area contributed by atoms with Gasteiger partial charge in [-0.25, -0.2) is 9.59 Å². The molecule has 36 heavy (non-hydrogen) atoms. The zero-order chi connectivity index (χ0) is 26.2. The SMILES string of the molecule is CCN(CC)C(=O)OCC1CN(Cc2noc(=O)[nH]2)CCN1C(=O)c1cc(OC)c(OC)c(OC)c1. The van der Waals surface area contributed by atoms with E-state index in [1.54, 1.807) is 21.9 Å². The van der Waals surface area contributed by atoms with E-state index in [-0.39, 0.29) is 12.5 Å². The first-order valence-electron chi connectivity index (χ1n) is 11.6. The molecule has 1 saturated heterocycles. The minimum Gasteiger partial charge on any atom is -0.493 e. The Labute approximate surface area is 208 Å². The van der Waals surface area contributed by atoms with E-state index in [4.69, 9.17) is 18.9 Å². The van der Waals surface area contributed by atoms with Gasteiger partial charge in [0.1, 0.15) is 6.61 Å². The molecule has 13 nitrogen and oxygen atoms in total. The number of methoxy groups -OCH3 is 3. The Morgan fingerprint density at radius 2 is 1.78 bits per heavy atom. The molecule has 1 aromatic heterocycles. The largest absolute Gasteiger partial charge is 0.493 e. The van der Waals surface area contributed by atoms with Crippen LogP contribution in [0.5, 0.6) is 17.2 Å². The summed E-state index contributed by atoms with van der Waals surface area (Å²) in [5.41, 5.74) is 0.346. The van der Waals surface area contributed by atoms with Gasteiger partial charge in [0, 0.05) is 38.3 Å². The van der Waals surface area contributed by atoms with Crippen LogP contribution in [0.1, 0.15) is 30.0 Å². The monoisotopic (exact) mass is 507 g/mol. The Hall–Kier alpha value is -3.74. The number of carbonyl (C=O) groups is 2. The number of ether oxygens (including phenoxy) is 4. The first kappa shape index (κ1) is 26.9. The Balaban J connectivity index is 1.84. The number of hydrogen-bond donors (Lipinski definition) is 1. The van der Waals surface area contributed by atoms with Crippen molar-refractivity contribution < 1.29 is 33.1 Å². The second kappa shape index (κ2) is 12.3. The summed E-state index contributed by atoms with van der Waals surface area (Å²) in [6.45, 7) is 6.32. The van der Waals surface area contributed by atoms with Crippen LogP contribution < -0.4 is 20.0 Å². The van der Waals surface area contributed by atoms with Crippen LogP contribution in [-0.2, 0) is 11.3 Å². The molecule has 198 valence electrons. The molecule has 13 heteroatoms. The molecule has 0 radical (unpaired) electrons. The number of benzene rings is 1. The topological polar surface area (TPSA) is 140 Å². The van der Waals surface area contributed by atoms with E-state index in [1.165, 1.54) is 21.3 Å². The van der Waals surface area contributed by atoms with E-state index < -0.39 is 17.9 Å². The molecule has 3 rings (SSSR count). The highest BCUT2D eigenvalue weighted by molar-refractivity contribution is 5.96. The van der Waals surface area contributed by atoms with Gasteiger partial charge in [0.15, 0.2) is 17.3 Å². The molecule has 1 N–H and O–H groups in total. The van der Waals surface area contributed by atoms with Gasteiger partial charge in [-0.1, -0.05) is 5.16 Å². The molecule has 1 aliphatic rings. The molecule has 1 unspecified atom stereocenters. The van der Waals surface area contributed by atoms with Crippen LogP contribution in [0.25, 0.3) is 0 Å². The molecule has 0 aliphatic carbocycles. The molecular formula is C23H33N5O8. The first-order valence-corrected chi connectivity index (χ1v) is 11.6. The predicted octanol–water partition coefficient (Wildman–Crippen LogP) is 1.19. The van der Waals surface area contributed by atoms with Gasteiger partial charge in [-0.05, 0) is 26.0 Å². The van der Waals surface area contributed by atoms with Crippen LogP contribution in [0.3, 0.4) is 0 Å². The van der Waals surface area contributed by atoms with E-state index >= 15 is 0 Å². The van der Waals surface area contributed by atoms with Crippen LogP contribution in [0.2, 0.25) is 0 Å². The Bertz CT molecular complexity index is 1070. The minimum atomic E-state index is -0.633. The lowest BCUT2D eigenvalue weighted by atomic mass is 10.1. The van der Waals surface area contributed by atoms with Crippen molar-refractivity contribution in [3.63, 3.8) is 0 Å². The maximum atomic E-state index is 13.6. The zero-order valence-electron chi connectivity index (χ0n) is 21.2. The molecule has 1 fully saturated rings. The lowest BCUT2D eigenvalue weighted by Gasteiger charge is -2.41. The fraction of sp³-hybridized carbons (Fsp3) is 0.565. The Kier molecular flexibility index (Phi) is 9.17. The van der Waals surface area contributed by atoms with Crippen LogP contribution in [0.4, 0.5) is 4.79 Å². The van der Waals surface area contributed by atoms with E-state index in [9.17, 15) is 14.4 Å². The summed E-state index contributed by atoms with van der Waals surface area (Å²) in [5, 5.41) is 3.71. The highest BCUT2D eigenvalue weighted by Crippen LogP contribution is 2.38. The van der Waals surface area contributed by atoms with E-state index in [1.807, 2.05) is 18.7 Å². The average Bonchev–Trinajstić information content (AvgIpc) is 3.30. The molecule has 2 amide bonds. The number of nitrogens with one attached hydrogen (secondary N) is 1. The van der Waals surface area contributed by atoms with Gasteiger partial charge in [0.2, 0.25) is 5.75 Å². The molecule has 0 spiro atoms. The summed E-state index contributed by atoms with van der Waals surface area (Å²) in [7, 11) is 4.45. The fourth-order valence-electron chi connectivity index (χ4n) is 4.12. The van der Waals surface area contributed by atoms with Gasteiger partial charge >= 0.3 is 11.8 Å². The Morgan fingerprint density at radius 1 is 1.11 bits per heavy atom. The number of H-pyrrole nitrogens is 1. The summed E-state index contributed by atoms with van der Waals surface area (Å²) in [6.07, 6.45) is -0.446. The van der Waals surface area contributed by atoms with Crippen LogP contribution >= 0.6 is 0 Å². The smallest absolute Gasteiger partial charge is 0.438 e. The summed E-state index contributed by atoms with van der Waals surface area (Å²) in [5.74, 6) is 0.575. The highest BCUT2D eigenvalue weighted by Gasteiger charge is 2.33. The number of hydrogen-bond acceptors (Lipinski definition) is 10. The van der Waals surface area contributed by atoms with Crippen LogP contribution in [0, 0.1) is 0 Å². The number of aromatic nitrogens is 2. The number of amides is 2. The normalized spacial score (nSPS) is 15.9. The third-order valence-electron chi connectivity index (χ3n) is 6.02. The summed E-state index contributed by atoms with van der Waals surface area (Å²) in [4.78, 5) is 45.2. The maximum Gasteiger partial charge on any atom is 0.438 e. The van der Waals surface area contributed by atoms with Crippen molar-refractivity contribution in [2.75, 3.05) is 60.7 Å². The third-order valence-corrected chi connectivity index (χ3v) is 6.02. The van der Waals surface area contributed by atoms with Gasteiger partial charge in [-0.3, -0.25) is 19.2 Å². The van der Waals surface area contributed by atoms with E-state index in [2.05, 4.69) is 14.7 Å². The molecule has 0 saturated carbocycles. The summed E-state index contributed by atoms with van der Waals surface area (Å²) in [6, 6.07) is 2.73. The molecule has 1 aromatic carbocycles. The number of rotatable bonds is 10. The highest BCUT2D eigenvalue weighted by atomic mass is 16.6. The van der Waals surface area contributed by atoms with E-state index in [0.29, 0.717) is 67.9 Å². The van der Waals surface area contributed by atoms with Crippen molar-refractivity contribution in [1.82, 2.24) is 24.8 Å². The van der Waals surface area contributed by atoms with Gasteiger partial charge < -0.3 is 28.7 Å². The van der Waals surface area contributed by atoms with Crippen molar-refractivity contribution >= 4 is 12.0 Å². The predicted molar refractivity (Wildman–Crippen MR) is 128 cm³/mol. The minimum absolute atomic E-state index is 0.00265. The number of aromatic amines is 1. The number of piperazine rings is 1. The summed E-state index contributed by atoms with van der Waals surface area (Å²) < 4.78 is 26.3. The van der Waals surface area contributed by atoms with Gasteiger partial charge in [-0.2, -0.15) is 0 Å². The number of nitrogens with zero attached hydrogens (tertiary/aromatic N) is 4. The zero-order valence-corrected chi connectivity index (χ0v) is 21.2. The van der Waals surface area contributed by atoms with Gasteiger partial charge in [-0.15, -0.1) is 0 Å². The second-order valence-corrected chi connectivity index (χ2v) is 8.09. The molecular weight excluding hydrogens is 474 g/mol. The lowest BCUT2D eigenvalue weighted by Crippen LogP contribution is -2.57. The van der Waals surface area contributed by atoms with Gasteiger partial charge in [0.25, 0.3) is 5.91 Å². The van der Waals surface area contributed by atoms with Crippen molar-refractivity contribution in [3.8, 4) is 17.2 Å². The number of carbonyl (C=O) groups excluding carboxylic acids is 2. The molecule has 2 aromatic rings. The molecule has 1 aliphatic heterocycles. The summed E-state index contributed by atoms with van der Waals surface area (Å²) >= 11 is 0. The standard InChI is InChI=1S/C23H33N5O8/c1-6-27(7-2)23(31)35-14-16-12-26(13-19-24-22(30)36-25-19)8-9-28(16)21(29)15-10-17(32-3)20(34-5)18(11-15)33-4/h10-11,16H,6-9,12-14H2,1-5H3,(H,24,25,30). The Morgan fingerprint density at radius 3 is 2.31 bits per heavy atom. The van der Waals surface area contributed by atoms with Crippen LogP contribution in [-0.4, -0.2) is 104 Å².